The van der Waals surface area contributed by atoms with Crippen molar-refractivity contribution in [1.29, 1.82) is 0 Å². The van der Waals surface area contributed by atoms with Gasteiger partial charge in [0.1, 0.15) is 0 Å². The standard InChI is InChI=1S/C35H22BrN3/c36-30-20-10-17-27-21-25-15-7-8-19-29(25)31(32(27)30)26-16-9-18-28(22-26)35-38-33(23-11-3-1-4-12-23)37-34(39-35)24-13-5-2-6-14-24/h1-22H. The largest absolute Gasteiger partial charge is 0.208 e. The average molecular weight is 564 g/mol. The summed E-state index contributed by atoms with van der Waals surface area (Å²) in [7, 11) is 0. The van der Waals surface area contributed by atoms with Crippen molar-refractivity contribution >= 4 is 37.5 Å². The van der Waals surface area contributed by atoms with Crippen LogP contribution in [-0.4, -0.2) is 15.0 Å². The van der Waals surface area contributed by atoms with Crippen molar-refractivity contribution in [2.75, 3.05) is 0 Å². The second kappa shape index (κ2) is 9.90. The van der Waals surface area contributed by atoms with Crippen molar-refractivity contribution in [3.8, 4) is 45.3 Å². The highest BCUT2D eigenvalue weighted by molar-refractivity contribution is 9.10. The Morgan fingerprint density at radius 2 is 0.923 bits per heavy atom. The maximum atomic E-state index is 4.94. The van der Waals surface area contributed by atoms with Gasteiger partial charge in [-0.25, -0.2) is 15.0 Å². The number of hydrogen-bond donors (Lipinski definition) is 0. The van der Waals surface area contributed by atoms with Gasteiger partial charge in [-0.3, -0.25) is 0 Å². The maximum absolute atomic E-state index is 4.94. The molecule has 0 saturated carbocycles. The summed E-state index contributed by atoms with van der Waals surface area (Å²) in [5, 5.41) is 4.81. The first kappa shape index (κ1) is 23.4. The van der Waals surface area contributed by atoms with E-state index in [0.29, 0.717) is 17.5 Å². The highest BCUT2D eigenvalue weighted by Crippen LogP contribution is 2.40. The van der Waals surface area contributed by atoms with Gasteiger partial charge in [-0.1, -0.05) is 131 Å². The van der Waals surface area contributed by atoms with E-state index in [1.165, 1.54) is 27.1 Å². The van der Waals surface area contributed by atoms with Crippen LogP contribution in [-0.2, 0) is 0 Å². The third-order valence-electron chi connectivity index (χ3n) is 6.95. The first-order valence-corrected chi connectivity index (χ1v) is 13.6. The molecule has 4 heteroatoms. The molecule has 3 nitrogen and oxygen atoms in total. The number of aromatic nitrogens is 3. The van der Waals surface area contributed by atoms with Gasteiger partial charge in [0.25, 0.3) is 0 Å². The summed E-state index contributed by atoms with van der Waals surface area (Å²) in [5.41, 5.74) is 5.16. The summed E-state index contributed by atoms with van der Waals surface area (Å²) in [6, 6.07) is 45.8. The molecule has 0 fully saturated rings. The molecule has 0 spiro atoms. The van der Waals surface area contributed by atoms with E-state index in [2.05, 4.69) is 88.7 Å². The first-order chi connectivity index (χ1) is 19.2. The van der Waals surface area contributed by atoms with Gasteiger partial charge in [0.15, 0.2) is 17.5 Å². The Morgan fingerprint density at radius 1 is 0.410 bits per heavy atom. The smallest absolute Gasteiger partial charge is 0.164 e. The molecule has 0 aliphatic heterocycles. The molecule has 7 rings (SSSR count). The summed E-state index contributed by atoms with van der Waals surface area (Å²) in [6.45, 7) is 0. The van der Waals surface area contributed by atoms with Crippen LogP contribution in [0.2, 0.25) is 0 Å². The van der Waals surface area contributed by atoms with Crippen molar-refractivity contribution in [3.05, 3.63) is 138 Å². The van der Waals surface area contributed by atoms with Crippen LogP contribution >= 0.6 is 15.9 Å². The molecule has 39 heavy (non-hydrogen) atoms. The van der Waals surface area contributed by atoms with Crippen LogP contribution in [0.4, 0.5) is 0 Å². The third kappa shape index (κ3) is 4.39. The summed E-state index contributed by atoms with van der Waals surface area (Å²) in [4.78, 5) is 14.7. The zero-order chi connectivity index (χ0) is 26.2. The van der Waals surface area contributed by atoms with Crippen LogP contribution in [0.5, 0.6) is 0 Å². The summed E-state index contributed by atoms with van der Waals surface area (Å²) < 4.78 is 1.07. The minimum atomic E-state index is 0.646. The van der Waals surface area contributed by atoms with E-state index in [1.54, 1.807) is 0 Å². The van der Waals surface area contributed by atoms with E-state index in [-0.39, 0.29) is 0 Å². The Hall–Kier alpha value is -4.67. The predicted octanol–water partition coefficient (Wildman–Crippen LogP) is 9.61. The summed E-state index contributed by atoms with van der Waals surface area (Å²) >= 11 is 3.83. The van der Waals surface area contributed by atoms with Crippen LogP contribution < -0.4 is 0 Å². The van der Waals surface area contributed by atoms with E-state index in [9.17, 15) is 0 Å². The number of halogens is 1. The molecule has 1 aromatic heterocycles. The molecule has 0 atom stereocenters. The van der Waals surface area contributed by atoms with Crippen LogP contribution in [0, 0.1) is 0 Å². The van der Waals surface area contributed by atoms with Crippen molar-refractivity contribution in [2.24, 2.45) is 0 Å². The Bertz CT molecular complexity index is 1910. The topological polar surface area (TPSA) is 38.7 Å². The predicted molar refractivity (Wildman–Crippen MR) is 164 cm³/mol. The van der Waals surface area contributed by atoms with Gasteiger partial charge in [-0.05, 0) is 45.5 Å². The van der Waals surface area contributed by atoms with E-state index in [4.69, 9.17) is 15.0 Å². The highest BCUT2D eigenvalue weighted by atomic mass is 79.9. The normalized spacial score (nSPS) is 11.2. The summed E-state index contributed by atoms with van der Waals surface area (Å²) in [6.07, 6.45) is 0. The highest BCUT2D eigenvalue weighted by Gasteiger charge is 2.16. The van der Waals surface area contributed by atoms with Gasteiger partial charge in [-0.2, -0.15) is 0 Å². The fourth-order valence-electron chi connectivity index (χ4n) is 5.13. The molecule has 7 aromatic rings. The van der Waals surface area contributed by atoms with Gasteiger partial charge in [0.05, 0.1) is 0 Å². The number of fused-ring (bicyclic) bond motifs is 2. The van der Waals surface area contributed by atoms with Crippen molar-refractivity contribution in [1.82, 2.24) is 15.0 Å². The number of nitrogens with zero attached hydrogens (tertiary/aromatic N) is 3. The maximum Gasteiger partial charge on any atom is 0.164 e. The van der Waals surface area contributed by atoms with Crippen molar-refractivity contribution in [2.45, 2.75) is 0 Å². The monoisotopic (exact) mass is 563 g/mol. The van der Waals surface area contributed by atoms with Gasteiger partial charge in [0, 0.05) is 26.5 Å². The Balaban J connectivity index is 1.46. The van der Waals surface area contributed by atoms with Crippen molar-refractivity contribution < 1.29 is 0 Å². The van der Waals surface area contributed by atoms with Gasteiger partial charge < -0.3 is 0 Å². The van der Waals surface area contributed by atoms with Gasteiger partial charge in [-0.15, -0.1) is 0 Å². The molecule has 6 aromatic carbocycles. The van der Waals surface area contributed by atoms with E-state index >= 15 is 0 Å². The van der Waals surface area contributed by atoms with Crippen LogP contribution in [0.3, 0.4) is 0 Å². The second-order valence-corrected chi connectivity index (χ2v) is 10.3. The SMILES string of the molecule is Brc1cccc2cc3ccccc3c(-c3cccc(-c4nc(-c5ccccc5)nc(-c5ccccc5)n4)c3)c12. The molecule has 0 aliphatic rings. The molecule has 0 radical (unpaired) electrons. The lowest BCUT2D eigenvalue weighted by molar-refractivity contribution is 1.07. The number of hydrogen-bond acceptors (Lipinski definition) is 3. The molecule has 0 bridgehead atoms. The van der Waals surface area contributed by atoms with Gasteiger partial charge in [0.2, 0.25) is 0 Å². The minimum absolute atomic E-state index is 0.646. The summed E-state index contributed by atoms with van der Waals surface area (Å²) in [5.74, 6) is 1.96. The van der Waals surface area contributed by atoms with E-state index < -0.39 is 0 Å². The lowest BCUT2D eigenvalue weighted by atomic mass is 9.91. The van der Waals surface area contributed by atoms with Crippen LogP contribution in [0.15, 0.2) is 138 Å². The number of benzene rings is 6. The first-order valence-electron chi connectivity index (χ1n) is 12.8. The van der Waals surface area contributed by atoms with E-state index in [0.717, 1.165) is 26.7 Å². The third-order valence-corrected chi connectivity index (χ3v) is 7.61. The molecule has 0 amide bonds. The van der Waals surface area contributed by atoms with Crippen LogP contribution in [0.1, 0.15) is 0 Å². The lowest BCUT2D eigenvalue weighted by Gasteiger charge is -2.14. The molecular weight excluding hydrogens is 542 g/mol. The molecule has 184 valence electrons. The quantitative estimate of drug-likeness (QED) is 0.200. The van der Waals surface area contributed by atoms with Crippen LogP contribution in [0.25, 0.3) is 66.8 Å². The zero-order valence-corrected chi connectivity index (χ0v) is 22.5. The fraction of sp³-hybridized carbons (Fsp3) is 0. The molecule has 0 N–H and O–H groups in total. The van der Waals surface area contributed by atoms with Crippen molar-refractivity contribution in [3.63, 3.8) is 0 Å². The second-order valence-electron chi connectivity index (χ2n) is 9.43. The fourth-order valence-corrected chi connectivity index (χ4v) is 5.71. The Morgan fingerprint density at radius 3 is 1.62 bits per heavy atom. The van der Waals surface area contributed by atoms with E-state index in [1.807, 2.05) is 60.7 Å². The Labute approximate surface area is 235 Å². The molecule has 1 heterocycles. The number of rotatable bonds is 4. The molecule has 0 saturated heterocycles. The zero-order valence-electron chi connectivity index (χ0n) is 20.9. The lowest BCUT2D eigenvalue weighted by Crippen LogP contribution is -2.00. The minimum Gasteiger partial charge on any atom is -0.208 e. The van der Waals surface area contributed by atoms with Gasteiger partial charge >= 0.3 is 0 Å². The average Bonchev–Trinajstić information content (AvgIpc) is 3.01. The molecule has 0 aliphatic carbocycles. The Kier molecular flexibility index (Phi) is 5.95. The molecule has 0 unspecified atom stereocenters. The molecular formula is C35H22BrN3.